The number of rotatable bonds is 7. The molecule has 1 aliphatic rings. The number of carbonyl (C=O) groups excluding carboxylic acids is 2. The summed E-state index contributed by atoms with van der Waals surface area (Å²) < 4.78 is 5.41. The molecule has 0 saturated carbocycles. The maximum atomic E-state index is 12.6. The zero-order valence-corrected chi connectivity index (χ0v) is 20.2. The largest absolute Gasteiger partial charge is 0.378 e. The minimum Gasteiger partial charge on any atom is -0.378 e. The lowest BCUT2D eigenvalue weighted by Gasteiger charge is -2.29. The molecule has 0 bridgehead atoms. The van der Waals surface area contributed by atoms with Gasteiger partial charge in [-0.05, 0) is 35.9 Å². The smallest absolute Gasteiger partial charge is 0.246 e. The Hall–Kier alpha value is -3.49. The number of hydrogen-bond acceptors (Lipinski definition) is 6. The predicted octanol–water partition coefficient (Wildman–Crippen LogP) is 4.34. The van der Waals surface area contributed by atoms with Gasteiger partial charge in [-0.2, -0.15) is 0 Å². The van der Waals surface area contributed by atoms with E-state index in [4.69, 9.17) is 4.74 Å². The zero-order valence-electron chi connectivity index (χ0n) is 19.4. The number of anilines is 3. The van der Waals surface area contributed by atoms with Crippen LogP contribution in [0, 0.1) is 0 Å². The van der Waals surface area contributed by atoms with Crippen molar-refractivity contribution in [1.82, 2.24) is 9.88 Å². The van der Waals surface area contributed by atoms with E-state index in [0.29, 0.717) is 17.4 Å². The van der Waals surface area contributed by atoms with E-state index in [0.717, 1.165) is 37.6 Å². The van der Waals surface area contributed by atoms with E-state index in [1.807, 2.05) is 35.7 Å². The van der Waals surface area contributed by atoms with Crippen LogP contribution in [0.2, 0.25) is 0 Å². The standard InChI is InChI=1S/C26H28N4O3S/c1-20(31)30(24-6-4-3-5-7-24)26-27-22(19-34-26)10-13-25(32)28(2)18-21-8-11-23(12-9-21)29-14-16-33-17-15-29/h3-13,19H,14-18H2,1-2H3/b13-10+. The van der Waals surface area contributed by atoms with Gasteiger partial charge in [0, 0.05) is 50.7 Å². The molecule has 2 amide bonds. The molecule has 1 fully saturated rings. The van der Waals surface area contributed by atoms with Crippen LogP contribution >= 0.6 is 11.3 Å². The highest BCUT2D eigenvalue weighted by Gasteiger charge is 2.17. The number of thiazole rings is 1. The number of likely N-dealkylation sites (N-methyl/N-ethyl adjacent to an activating group) is 1. The van der Waals surface area contributed by atoms with Gasteiger partial charge in [0.1, 0.15) is 0 Å². The molecule has 34 heavy (non-hydrogen) atoms. The highest BCUT2D eigenvalue weighted by Crippen LogP contribution is 2.29. The average molecular weight is 477 g/mol. The summed E-state index contributed by atoms with van der Waals surface area (Å²) in [6.07, 6.45) is 3.20. The number of para-hydroxylation sites is 1. The van der Waals surface area contributed by atoms with E-state index in [2.05, 4.69) is 34.1 Å². The summed E-state index contributed by atoms with van der Waals surface area (Å²) in [6, 6.07) is 17.7. The molecule has 1 aromatic heterocycles. The maximum Gasteiger partial charge on any atom is 0.246 e. The molecule has 1 saturated heterocycles. The lowest BCUT2D eigenvalue weighted by molar-refractivity contribution is -0.125. The van der Waals surface area contributed by atoms with Gasteiger partial charge >= 0.3 is 0 Å². The number of nitrogens with zero attached hydrogens (tertiary/aromatic N) is 4. The van der Waals surface area contributed by atoms with Crippen LogP contribution in [-0.4, -0.2) is 55.0 Å². The van der Waals surface area contributed by atoms with Gasteiger partial charge in [-0.3, -0.25) is 14.5 Å². The zero-order chi connectivity index (χ0) is 23.9. The molecule has 4 rings (SSSR count). The molecule has 8 heteroatoms. The van der Waals surface area contributed by atoms with Crippen molar-refractivity contribution in [2.75, 3.05) is 43.2 Å². The SMILES string of the molecule is CC(=O)N(c1ccccc1)c1nc(/C=C/C(=O)N(C)Cc2ccc(N3CCOCC3)cc2)cs1. The van der Waals surface area contributed by atoms with Gasteiger partial charge in [0.25, 0.3) is 0 Å². The van der Waals surface area contributed by atoms with Gasteiger partial charge < -0.3 is 14.5 Å². The van der Waals surface area contributed by atoms with Crippen molar-refractivity contribution >= 4 is 45.7 Å². The van der Waals surface area contributed by atoms with E-state index in [9.17, 15) is 9.59 Å². The Morgan fingerprint density at radius 3 is 2.47 bits per heavy atom. The van der Waals surface area contributed by atoms with Crippen molar-refractivity contribution in [3.8, 4) is 0 Å². The summed E-state index contributed by atoms with van der Waals surface area (Å²) >= 11 is 1.36. The fourth-order valence-electron chi connectivity index (χ4n) is 3.73. The van der Waals surface area contributed by atoms with Gasteiger partial charge in [0.15, 0.2) is 5.13 Å². The average Bonchev–Trinajstić information content (AvgIpc) is 3.32. The monoisotopic (exact) mass is 476 g/mol. The van der Waals surface area contributed by atoms with Crippen LogP contribution in [-0.2, 0) is 20.9 Å². The summed E-state index contributed by atoms with van der Waals surface area (Å²) in [5, 5.41) is 2.40. The predicted molar refractivity (Wildman–Crippen MR) is 136 cm³/mol. The fourth-order valence-corrected chi connectivity index (χ4v) is 4.58. The Bertz CT molecular complexity index is 1140. The number of aromatic nitrogens is 1. The minimum atomic E-state index is -0.119. The van der Waals surface area contributed by atoms with E-state index in [1.54, 1.807) is 22.9 Å². The van der Waals surface area contributed by atoms with E-state index in [-0.39, 0.29) is 11.8 Å². The van der Waals surface area contributed by atoms with E-state index >= 15 is 0 Å². The molecule has 0 atom stereocenters. The van der Waals surface area contributed by atoms with Crippen LogP contribution in [0.5, 0.6) is 0 Å². The van der Waals surface area contributed by atoms with E-state index < -0.39 is 0 Å². The quantitative estimate of drug-likeness (QED) is 0.475. The molecular formula is C26H28N4O3S. The minimum absolute atomic E-state index is 0.113. The molecule has 0 aliphatic carbocycles. The third kappa shape index (κ3) is 5.89. The van der Waals surface area contributed by atoms with Crippen molar-refractivity contribution in [3.63, 3.8) is 0 Å². The van der Waals surface area contributed by atoms with Crippen LogP contribution in [0.4, 0.5) is 16.5 Å². The van der Waals surface area contributed by atoms with Gasteiger partial charge in [-0.25, -0.2) is 4.98 Å². The van der Waals surface area contributed by atoms with E-state index in [1.165, 1.54) is 30.0 Å². The number of ether oxygens (including phenoxy) is 1. The molecule has 2 heterocycles. The van der Waals surface area contributed by atoms with Crippen LogP contribution < -0.4 is 9.80 Å². The molecule has 0 unspecified atom stereocenters. The summed E-state index contributed by atoms with van der Waals surface area (Å²) in [4.78, 5) is 34.9. The van der Waals surface area contributed by atoms with Gasteiger partial charge in [0.05, 0.1) is 24.6 Å². The first-order valence-electron chi connectivity index (χ1n) is 11.2. The maximum absolute atomic E-state index is 12.6. The Balaban J connectivity index is 1.36. The topological polar surface area (TPSA) is 66.0 Å². The van der Waals surface area contributed by atoms with Crippen molar-refractivity contribution in [1.29, 1.82) is 0 Å². The second kappa shape index (κ2) is 11.1. The van der Waals surface area contributed by atoms with Crippen molar-refractivity contribution in [2.24, 2.45) is 0 Å². The van der Waals surface area contributed by atoms with Gasteiger partial charge in [0.2, 0.25) is 11.8 Å². The van der Waals surface area contributed by atoms with Crippen molar-refractivity contribution in [2.45, 2.75) is 13.5 Å². The molecular weight excluding hydrogens is 448 g/mol. The molecule has 1 aliphatic heterocycles. The summed E-state index contributed by atoms with van der Waals surface area (Å²) in [5.74, 6) is -0.232. The number of carbonyl (C=O) groups is 2. The summed E-state index contributed by atoms with van der Waals surface area (Å²) in [6.45, 7) is 5.33. The van der Waals surface area contributed by atoms with Gasteiger partial charge in [-0.15, -0.1) is 11.3 Å². The molecule has 2 aromatic carbocycles. The highest BCUT2D eigenvalue weighted by molar-refractivity contribution is 7.14. The Morgan fingerprint density at radius 2 is 1.79 bits per heavy atom. The second-order valence-electron chi connectivity index (χ2n) is 8.04. The molecule has 0 radical (unpaired) electrons. The Labute approximate surface area is 203 Å². The molecule has 0 N–H and O–H groups in total. The summed E-state index contributed by atoms with van der Waals surface area (Å²) in [5.41, 5.74) is 3.64. The number of amides is 2. The van der Waals surface area contributed by atoms with Gasteiger partial charge in [-0.1, -0.05) is 30.3 Å². The number of benzene rings is 2. The highest BCUT2D eigenvalue weighted by atomic mass is 32.1. The molecule has 3 aromatic rings. The van der Waals surface area contributed by atoms with Crippen LogP contribution in [0.1, 0.15) is 18.2 Å². The Morgan fingerprint density at radius 1 is 1.09 bits per heavy atom. The first-order valence-corrected chi connectivity index (χ1v) is 12.1. The van der Waals surface area contributed by atoms with Crippen molar-refractivity contribution in [3.05, 3.63) is 77.3 Å². The lowest BCUT2D eigenvalue weighted by Crippen LogP contribution is -2.36. The van der Waals surface area contributed by atoms with Crippen LogP contribution in [0.15, 0.2) is 66.1 Å². The molecule has 0 spiro atoms. The fraction of sp³-hybridized carbons (Fsp3) is 0.269. The first kappa shape index (κ1) is 23.7. The third-order valence-corrected chi connectivity index (χ3v) is 6.38. The van der Waals surface area contributed by atoms with Crippen LogP contribution in [0.25, 0.3) is 6.08 Å². The number of hydrogen-bond donors (Lipinski definition) is 0. The second-order valence-corrected chi connectivity index (χ2v) is 8.87. The van der Waals surface area contributed by atoms with Crippen molar-refractivity contribution < 1.29 is 14.3 Å². The molecule has 7 nitrogen and oxygen atoms in total. The number of morpholine rings is 1. The summed E-state index contributed by atoms with van der Waals surface area (Å²) in [7, 11) is 1.78. The normalized spacial score (nSPS) is 13.8. The Kier molecular flexibility index (Phi) is 7.72. The molecule has 176 valence electrons. The lowest BCUT2D eigenvalue weighted by atomic mass is 10.1. The van der Waals surface area contributed by atoms with Crippen LogP contribution in [0.3, 0.4) is 0 Å². The third-order valence-electron chi connectivity index (χ3n) is 5.54. The first-order chi connectivity index (χ1) is 16.5.